The molecule has 160 valence electrons. The number of nitrogens with one attached hydrogen (secondary N) is 2. The molecule has 1 aromatic carbocycles. The summed E-state index contributed by atoms with van der Waals surface area (Å²) in [6, 6.07) is 4.65. The van der Waals surface area contributed by atoms with Gasteiger partial charge in [-0.1, -0.05) is 13.8 Å². The Morgan fingerprint density at radius 2 is 1.93 bits per heavy atom. The lowest BCUT2D eigenvalue weighted by Gasteiger charge is -2.19. The van der Waals surface area contributed by atoms with Crippen LogP contribution in [0.4, 0.5) is 19.0 Å². The Morgan fingerprint density at radius 3 is 2.60 bits per heavy atom. The summed E-state index contributed by atoms with van der Waals surface area (Å²) < 4.78 is 49.2. The average Bonchev–Trinajstić information content (AvgIpc) is 3.22. The molecular formula is C20H21F3N4O3. The second kappa shape index (κ2) is 8.23. The molecule has 10 heteroatoms. The number of pyridine rings is 1. The molecule has 2 aliphatic heterocycles. The van der Waals surface area contributed by atoms with Crippen LogP contribution in [0.3, 0.4) is 0 Å². The van der Waals surface area contributed by atoms with E-state index < -0.39 is 24.1 Å². The minimum atomic E-state index is -3.71. The number of carbonyl (C=O) groups is 1. The van der Waals surface area contributed by atoms with Crippen LogP contribution in [0, 0.1) is 12.7 Å². The van der Waals surface area contributed by atoms with Gasteiger partial charge in [-0.2, -0.15) is 0 Å². The van der Waals surface area contributed by atoms with E-state index >= 15 is 0 Å². The van der Waals surface area contributed by atoms with E-state index in [2.05, 4.69) is 25.2 Å². The molecule has 30 heavy (non-hydrogen) atoms. The lowest BCUT2D eigenvalue weighted by molar-refractivity contribution is -0.286. The number of anilines is 1. The normalized spacial score (nSPS) is 18.4. The van der Waals surface area contributed by atoms with Gasteiger partial charge in [-0.3, -0.25) is 4.79 Å². The quantitative estimate of drug-likeness (QED) is 0.786. The van der Waals surface area contributed by atoms with Crippen LogP contribution in [-0.2, 0) is 4.79 Å². The first kappa shape index (κ1) is 21.4. The van der Waals surface area contributed by atoms with Gasteiger partial charge in [0.1, 0.15) is 6.04 Å². The number of benzene rings is 1. The second-order valence-corrected chi connectivity index (χ2v) is 6.32. The van der Waals surface area contributed by atoms with Crippen molar-refractivity contribution in [3.05, 3.63) is 53.5 Å². The van der Waals surface area contributed by atoms with Crippen LogP contribution >= 0.6 is 0 Å². The number of alkyl halides is 2. The third kappa shape index (κ3) is 4.18. The van der Waals surface area contributed by atoms with E-state index in [1.54, 1.807) is 25.1 Å². The second-order valence-electron chi connectivity index (χ2n) is 6.32. The van der Waals surface area contributed by atoms with E-state index in [9.17, 15) is 18.0 Å². The molecule has 1 atom stereocenters. The van der Waals surface area contributed by atoms with Crippen LogP contribution in [0.25, 0.3) is 5.70 Å². The smallest absolute Gasteiger partial charge is 0.395 e. The Kier molecular flexibility index (Phi) is 5.88. The summed E-state index contributed by atoms with van der Waals surface area (Å²) in [7, 11) is 1.67. The molecule has 0 aliphatic carbocycles. The molecule has 7 nitrogen and oxygen atoms in total. The molecule has 2 aromatic rings. The van der Waals surface area contributed by atoms with E-state index in [-0.39, 0.29) is 17.3 Å². The van der Waals surface area contributed by atoms with E-state index in [0.29, 0.717) is 16.8 Å². The zero-order valence-corrected chi connectivity index (χ0v) is 16.8. The van der Waals surface area contributed by atoms with Crippen molar-refractivity contribution in [3.8, 4) is 11.5 Å². The number of carbonyl (C=O) groups excluding carboxylic acids is 1. The Bertz CT molecular complexity index is 997. The van der Waals surface area contributed by atoms with E-state index in [1.165, 1.54) is 30.5 Å². The minimum absolute atomic E-state index is 0.0552. The van der Waals surface area contributed by atoms with Crippen LogP contribution in [0.5, 0.6) is 11.5 Å². The SMILES string of the molecule is CC.Cc1cc2c(cc1C1=CC(C(=O)Nc3ncccc3F)NN1C)OC(F)(F)O2. The van der Waals surface area contributed by atoms with Crippen molar-refractivity contribution >= 4 is 17.4 Å². The number of aryl methyl sites for hydroxylation is 1. The highest BCUT2D eigenvalue weighted by Crippen LogP contribution is 2.44. The van der Waals surface area contributed by atoms with Gasteiger partial charge in [0, 0.05) is 18.8 Å². The maximum Gasteiger partial charge on any atom is 0.586 e. The van der Waals surface area contributed by atoms with Crippen molar-refractivity contribution < 1.29 is 27.4 Å². The van der Waals surface area contributed by atoms with Gasteiger partial charge in [-0.25, -0.2) is 14.8 Å². The van der Waals surface area contributed by atoms with Gasteiger partial charge in [0.25, 0.3) is 0 Å². The Balaban J connectivity index is 0.00000124. The number of fused-ring (bicyclic) bond motifs is 1. The number of ether oxygens (including phenoxy) is 2. The van der Waals surface area contributed by atoms with Crippen molar-refractivity contribution in [2.75, 3.05) is 12.4 Å². The van der Waals surface area contributed by atoms with Crippen molar-refractivity contribution in [2.24, 2.45) is 0 Å². The van der Waals surface area contributed by atoms with Crippen molar-refractivity contribution in [3.63, 3.8) is 0 Å². The first-order chi connectivity index (χ1) is 14.2. The van der Waals surface area contributed by atoms with Crippen molar-refractivity contribution in [1.82, 2.24) is 15.4 Å². The largest absolute Gasteiger partial charge is 0.586 e. The maximum absolute atomic E-state index is 13.7. The summed E-state index contributed by atoms with van der Waals surface area (Å²) >= 11 is 0. The standard InChI is InChI=1S/C18H15F3N4O3.C2H6/c1-9-6-14-15(28-18(20,21)27-14)7-10(9)13-8-12(24-25(13)2)17(26)23-16-11(19)4-3-5-22-16;1-2/h3-8,12,24H,1-2H3,(H,22,23,26);1-2H3. The summed E-state index contributed by atoms with van der Waals surface area (Å²) in [5, 5.41) is 3.98. The van der Waals surface area contributed by atoms with Gasteiger partial charge >= 0.3 is 6.29 Å². The summed E-state index contributed by atoms with van der Waals surface area (Å²) in [6.07, 6.45) is -0.754. The fraction of sp³-hybridized carbons (Fsp3) is 0.300. The maximum atomic E-state index is 13.7. The number of halogens is 3. The van der Waals surface area contributed by atoms with Gasteiger partial charge in [-0.05, 0) is 42.8 Å². The fourth-order valence-corrected chi connectivity index (χ4v) is 3.04. The number of nitrogens with zero attached hydrogens (tertiary/aromatic N) is 2. The highest BCUT2D eigenvalue weighted by Gasteiger charge is 2.44. The van der Waals surface area contributed by atoms with E-state index in [0.717, 1.165) is 0 Å². The molecular weight excluding hydrogens is 401 g/mol. The molecule has 0 bridgehead atoms. The highest BCUT2D eigenvalue weighted by molar-refractivity contribution is 5.97. The zero-order chi connectivity index (χ0) is 22.1. The predicted octanol–water partition coefficient (Wildman–Crippen LogP) is 3.68. The fourth-order valence-electron chi connectivity index (χ4n) is 3.04. The van der Waals surface area contributed by atoms with Gasteiger partial charge in [-0.15, -0.1) is 8.78 Å². The molecule has 1 aromatic heterocycles. The number of hydrogen-bond donors (Lipinski definition) is 2. The first-order valence-electron chi connectivity index (χ1n) is 9.27. The van der Waals surface area contributed by atoms with Crippen molar-refractivity contribution in [1.29, 1.82) is 0 Å². The summed E-state index contributed by atoms with van der Waals surface area (Å²) in [6.45, 7) is 5.72. The third-order valence-electron chi connectivity index (χ3n) is 4.33. The molecule has 2 aliphatic rings. The summed E-state index contributed by atoms with van der Waals surface area (Å²) in [5.41, 5.74) is 4.71. The first-order valence-corrected chi connectivity index (χ1v) is 9.27. The van der Waals surface area contributed by atoms with E-state index in [4.69, 9.17) is 0 Å². The van der Waals surface area contributed by atoms with Crippen LogP contribution in [0.15, 0.2) is 36.5 Å². The lowest BCUT2D eigenvalue weighted by atomic mass is 10.0. The number of hydrogen-bond acceptors (Lipinski definition) is 6. The van der Waals surface area contributed by atoms with Gasteiger partial charge in [0.2, 0.25) is 5.91 Å². The van der Waals surface area contributed by atoms with Crippen LogP contribution in [-0.4, -0.2) is 35.3 Å². The molecule has 0 fully saturated rings. The average molecular weight is 422 g/mol. The molecule has 1 unspecified atom stereocenters. The zero-order valence-electron chi connectivity index (χ0n) is 16.8. The van der Waals surface area contributed by atoms with Crippen LogP contribution < -0.4 is 20.2 Å². The summed E-state index contributed by atoms with van der Waals surface area (Å²) in [5.74, 6) is -1.51. The number of amides is 1. The predicted molar refractivity (Wildman–Crippen MR) is 104 cm³/mol. The van der Waals surface area contributed by atoms with Crippen LogP contribution in [0.1, 0.15) is 25.0 Å². The molecule has 0 saturated heterocycles. The molecule has 4 rings (SSSR count). The highest BCUT2D eigenvalue weighted by atomic mass is 19.3. The monoisotopic (exact) mass is 422 g/mol. The third-order valence-corrected chi connectivity index (χ3v) is 4.33. The Labute approximate surface area is 171 Å². The number of rotatable bonds is 3. The topological polar surface area (TPSA) is 75.7 Å². The van der Waals surface area contributed by atoms with Gasteiger partial charge in [0.05, 0.1) is 5.70 Å². The van der Waals surface area contributed by atoms with E-state index in [1.807, 2.05) is 13.8 Å². The molecule has 2 N–H and O–H groups in total. The number of aromatic nitrogens is 1. The molecule has 0 radical (unpaired) electrons. The van der Waals surface area contributed by atoms with Gasteiger partial charge < -0.3 is 19.8 Å². The Morgan fingerprint density at radius 1 is 1.27 bits per heavy atom. The van der Waals surface area contributed by atoms with Crippen molar-refractivity contribution in [2.45, 2.75) is 33.1 Å². The molecule has 0 spiro atoms. The minimum Gasteiger partial charge on any atom is -0.395 e. The number of hydrazine groups is 1. The molecule has 3 heterocycles. The Hall–Kier alpha value is -3.27. The molecule has 0 saturated carbocycles. The molecule has 1 amide bonds. The van der Waals surface area contributed by atoms with Crippen LogP contribution in [0.2, 0.25) is 0 Å². The summed E-state index contributed by atoms with van der Waals surface area (Å²) in [4.78, 5) is 16.2. The lowest BCUT2D eigenvalue weighted by Crippen LogP contribution is -2.41. The van der Waals surface area contributed by atoms with Gasteiger partial charge in [0.15, 0.2) is 23.1 Å².